The Kier molecular flexibility index (Phi) is 3.28. The number of fused-ring (bicyclic) bond motifs is 2. The molecule has 0 saturated heterocycles. The maximum atomic E-state index is 12.0. The molecule has 2 bridgehead atoms. The monoisotopic (exact) mass is 257 g/mol. The Balaban J connectivity index is 1.58. The van der Waals surface area contributed by atoms with E-state index in [0.29, 0.717) is 23.3 Å². The van der Waals surface area contributed by atoms with Gasteiger partial charge >= 0.3 is 0 Å². The molecule has 3 heteroatoms. The topological polar surface area (TPSA) is 49.3 Å². The van der Waals surface area contributed by atoms with Gasteiger partial charge in [0, 0.05) is 12.1 Å². The molecule has 1 amide bonds. The van der Waals surface area contributed by atoms with Gasteiger partial charge in [-0.1, -0.05) is 18.2 Å². The zero-order chi connectivity index (χ0) is 13.2. The number of allylic oxidation sites excluding steroid dienone is 2. The first-order valence-corrected chi connectivity index (χ1v) is 6.98. The number of phenolic OH excluding ortho intramolecular Hbond substituents is 1. The van der Waals surface area contributed by atoms with Gasteiger partial charge in [0.15, 0.2) is 0 Å². The predicted octanol–water partition coefficient (Wildman–Crippen LogP) is 2.72. The average molecular weight is 257 g/mol. The van der Waals surface area contributed by atoms with Crippen LogP contribution in [0.1, 0.15) is 29.6 Å². The van der Waals surface area contributed by atoms with Crippen LogP contribution in [0.4, 0.5) is 0 Å². The van der Waals surface area contributed by atoms with Gasteiger partial charge < -0.3 is 10.4 Å². The lowest BCUT2D eigenvalue weighted by Gasteiger charge is -2.38. The summed E-state index contributed by atoms with van der Waals surface area (Å²) in [6, 6.07) is 6.49. The molecule has 0 heterocycles. The van der Waals surface area contributed by atoms with Crippen molar-refractivity contribution >= 4 is 5.91 Å². The first-order chi connectivity index (χ1) is 9.22. The van der Waals surface area contributed by atoms with E-state index in [4.69, 9.17) is 0 Å². The molecule has 1 saturated carbocycles. The summed E-state index contributed by atoms with van der Waals surface area (Å²) in [6.45, 7) is 0.736. The molecule has 3 atom stereocenters. The highest BCUT2D eigenvalue weighted by molar-refractivity contribution is 5.94. The molecule has 0 aromatic heterocycles. The number of amides is 1. The lowest BCUT2D eigenvalue weighted by molar-refractivity contribution is 0.0932. The molecule has 3 unspecified atom stereocenters. The van der Waals surface area contributed by atoms with Crippen molar-refractivity contribution in [1.29, 1.82) is 0 Å². The molecule has 3 aliphatic rings. The Morgan fingerprint density at radius 1 is 1.32 bits per heavy atom. The molecular formula is C16H19NO2. The molecule has 1 fully saturated rings. The summed E-state index contributed by atoms with van der Waals surface area (Å²) in [6.07, 6.45) is 8.41. The van der Waals surface area contributed by atoms with E-state index in [9.17, 15) is 9.90 Å². The van der Waals surface area contributed by atoms with Gasteiger partial charge in [0.25, 0.3) is 5.91 Å². The van der Waals surface area contributed by atoms with Crippen LogP contribution >= 0.6 is 0 Å². The fourth-order valence-corrected chi connectivity index (χ4v) is 3.26. The second-order valence-electron chi connectivity index (χ2n) is 5.64. The largest absolute Gasteiger partial charge is 0.508 e. The molecule has 4 rings (SSSR count). The van der Waals surface area contributed by atoms with Crippen LogP contribution < -0.4 is 5.32 Å². The molecule has 3 aliphatic carbocycles. The van der Waals surface area contributed by atoms with Gasteiger partial charge in [-0.05, 0) is 55.2 Å². The van der Waals surface area contributed by atoms with Crippen LogP contribution in [0, 0.1) is 17.8 Å². The van der Waals surface area contributed by atoms with Gasteiger partial charge in [0.1, 0.15) is 5.75 Å². The van der Waals surface area contributed by atoms with Gasteiger partial charge in [-0.25, -0.2) is 0 Å². The quantitative estimate of drug-likeness (QED) is 0.818. The number of hydrogen-bond donors (Lipinski definition) is 2. The number of phenols is 1. The first-order valence-electron chi connectivity index (χ1n) is 6.98. The Morgan fingerprint density at radius 3 is 2.84 bits per heavy atom. The van der Waals surface area contributed by atoms with Gasteiger partial charge in [-0.15, -0.1) is 0 Å². The van der Waals surface area contributed by atoms with Crippen molar-refractivity contribution in [3.63, 3.8) is 0 Å². The summed E-state index contributed by atoms with van der Waals surface area (Å²) in [5, 5.41) is 12.4. The van der Waals surface area contributed by atoms with Crippen molar-refractivity contribution in [1.82, 2.24) is 5.32 Å². The van der Waals surface area contributed by atoms with E-state index in [-0.39, 0.29) is 11.7 Å². The minimum atomic E-state index is -0.0960. The Hall–Kier alpha value is -1.77. The molecule has 19 heavy (non-hydrogen) atoms. The molecule has 1 aromatic rings. The predicted molar refractivity (Wildman–Crippen MR) is 73.9 cm³/mol. The van der Waals surface area contributed by atoms with Crippen LogP contribution in [0.2, 0.25) is 0 Å². The fraction of sp³-hybridized carbons (Fsp3) is 0.438. The van der Waals surface area contributed by atoms with E-state index in [1.54, 1.807) is 18.2 Å². The van der Waals surface area contributed by atoms with Crippen molar-refractivity contribution in [2.45, 2.75) is 19.3 Å². The van der Waals surface area contributed by atoms with Crippen molar-refractivity contribution in [2.24, 2.45) is 17.8 Å². The van der Waals surface area contributed by atoms with Crippen molar-refractivity contribution in [3.05, 3.63) is 42.0 Å². The minimum Gasteiger partial charge on any atom is -0.508 e. The number of benzene rings is 1. The van der Waals surface area contributed by atoms with E-state index in [0.717, 1.165) is 6.54 Å². The van der Waals surface area contributed by atoms with Crippen LogP contribution in [0.5, 0.6) is 5.75 Å². The number of nitrogens with one attached hydrogen (secondary N) is 1. The van der Waals surface area contributed by atoms with Crippen molar-refractivity contribution in [3.8, 4) is 5.75 Å². The molecule has 0 radical (unpaired) electrons. The lowest BCUT2D eigenvalue weighted by Crippen LogP contribution is -2.37. The number of carbonyl (C=O) groups excluding carboxylic acids is 1. The maximum Gasteiger partial charge on any atom is 0.251 e. The SMILES string of the molecule is O=C(NCC1CC2C=CC1CC2)c1cccc(O)c1. The first kappa shape index (κ1) is 12.3. The smallest absolute Gasteiger partial charge is 0.251 e. The number of carbonyl (C=O) groups is 1. The zero-order valence-electron chi connectivity index (χ0n) is 10.9. The van der Waals surface area contributed by atoms with Crippen LogP contribution in [0.15, 0.2) is 36.4 Å². The molecule has 2 N–H and O–H groups in total. The molecular weight excluding hydrogens is 238 g/mol. The highest BCUT2D eigenvalue weighted by Crippen LogP contribution is 2.39. The Bertz CT molecular complexity index is 509. The number of hydrogen-bond acceptors (Lipinski definition) is 2. The molecule has 1 aromatic carbocycles. The highest BCUT2D eigenvalue weighted by Gasteiger charge is 2.31. The standard InChI is InChI=1S/C16H19NO2/c18-15-3-1-2-13(9-15)16(19)17-10-14-8-11-4-6-12(14)7-5-11/h1-4,6,9,11-12,14,18H,5,7-8,10H2,(H,17,19). The van der Waals surface area contributed by atoms with Crippen LogP contribution in [0.25, 0.3) is 0 Å². The van der Waals surface area contributed by atoms with E-state index in [2.05, 4.69) is 17.5 Å². The number of aromatic hydroxyl groups is 1. The van der Waals surface area contributed by atoms with Crippen LogP contribution in [-0.4, -0.2) is 17.6 Å². The zero-order valence-corrected chi connectivity index (χ0v) is 10.9. The molecule has 3 nitrogen and oxygen atoms in total. The summed E-state index contributed by atoms with van der Waals surface area (Å²) in [5.74, 6) is 1.96. The third-order valence-electron chi connectivity index (χ3n) is 4.35. The summed E-state index contributed by atoms with van der Waals surface area (Å²) >= 11 is 0. The summed E-state index contributed by atoms with van der Waals surface area (Å²) in [7, 11) is 0. The summed E-state index contributed by atoms with van der Waals surface area (Å²) < 4.78 is 0. The van der Waals surface area contributed by atoms with Crippen LogP contribution in [-0.2, 0) is 0 Å². The third-order valence-corrected chi connectivity index (χ3v) is 4.35. The second-order valence-corrected chi connectivity index (χ2v) is 5.64. The van der Waals surface area contributed by atoms with E-state index in [1.165, 1.54) is 25.3 Å². The Morgan fingerprint density at radius 2 is 2.21 bits per heavy atom. The van der Waals surface area contributed by atoms with Gasteiger partial charge in [-0.2, -0.15) is 0 Å². The highest BCUT2D eigenvalue weighted by atomic mass is 16.3. The number of rotatable bonds is 3. The van der Waals surface area contributed by atoms with E-state index < -0.39 is 0 Å². The molecule has 0 spiro atoms. The van der Waals surface area contributed by atoms with Crippen molar-refractivity contribution < 1.29 is 9.90 Å². The van der Waals surface area contributed by atoms with E-state index >= 15 is 0 Å². The molecule has 0 aliphatic heterocycles. The third kappa shape index (κ3) is 2.65. The van der Waals surface area contributed by atoms with Gasteiger partial charge in [0.2, 0.25) is 0 Å². The maximum absolute atomic E-state index is 12.0. The van der Waals surface area contributed by atoms with Gasteiger partial charge in [0.05, 0.1) is 0 Å². The summed E-state index contributed by atoms with van der Waals surface area (Å²) in [5.41, 5.74) is 0.525. The lowest BCUT2D eigenvalue weighted by atomic mass is 9.69. The fourth-order valence-electron chi connectivity index (χ4n) is 3.26. The van der Waals surface area contributed by atoms with Crippen LogP contribution in [0.3, 0.4) is 0 Å². The Labute approximate surface area is 113 Å². The van der Waals surface area contributed by atoms with Gasteiger partial charge in [-0.3, -0.25) is 4.79 Å². The molecule has 100 valence electrons. The minimum absolute atomic E-state index is 0.0960. The summed E-state index contributed by atoms with van der Waals surface area (Å²) in [4.78, 5) is 12.0. The van der Waals surface area contributed by atoms with E-state index in [1.807, 2.05) is 0 Å². The average Bonchev–Trinajstić information content (AvgIpc) is 2.46. The normalized spacial score (nSPS) is 28.3. The van der Waals surface area contributed by atoms with Crippen molar-refractivity contribution in [2.75, 3.05) is 6.54 Å². The second kappa shape index (κ2) is 5.08.